The first-order valence-corrected chi connectivity index (χ1v) is 8.76. The van der Waals surface area contributed by atoms with Gasteiger partial charge in [0.2, 0.25) is 5.91 Å². The monoisotopic (exact) mass is 351 g/mol. The molecule has 1 aromatic heterocycles. The summed E-state index contributed by atoms with van der Waals surface area (Å²) in [6.45, 7) is 1.77. The smallest absolute Gasteiger partial charge is 0.258 e. The number of nitrogens with zero attached hydrogens (tertiary/aromatic N) is 2. The second-order valence-electron chi connectivity index (χ2n) is 5.39. The van der Waals surface area contributed by atoms with Crippen LogP contribution in [0.15, 0.2) is 76.7 Å². The Balaban J connectivity index is 1.80. The van der Waals surface area contributed by atoms with Crippen LogP contribution in [-0.2, 0) is 4.79 Å². The van der Waals surface area contributed by atoms with Crippen LogP contribution in [0.3, 0.4) is 0 Å². The largest absolute Gasteiger partial charge is 0.325 e. The second-order valence-corrected chi connectivity index (χ2v) is 6.33. The lowest BCUT2D eigenvalue weighted by molar-refractivity contribution is -0.113. The van der Waals surface area contributed by atoms with Crippen molar-refractivity contribution in [3.8, 4) is 5.69 Å². The quantitative estimate of drug-likeness (QED) is 0.566. The molecule has 25 heavy (non-hydrogen) atoms. The van der Waals surface area contributed by atoms with Crippen molar-refractivity contribution < 1.29 is 4.79 Å². The highest BCUT2D eigenvalue weighted by Gasteiger charge is 2.12. The number of aromatic nitrogens is 2. The predicted octanol–water partition coefficient (Wildman–Crippen LogP) is 3.27. The lowest BCUT2D eigenvalue weighted by Gasteiger charge is -2.12. The number of nitrogens with one attached hydrogen (secondary N) is 1. The normalized spacial score (nSPS) is 10.4. The van der Waals surface area contributed by atoms with Gasteiger partial charge in [-0.05, 0) is 31.2 Å². The van der Waals surface area contributed by atoms with Crippen LogP contribution in [0.5, 0.6) is 0 Å². The lowest BCUT2D eigenvalue weighted by atomic mass is 10.3. The Bertz CT molecular complexity index is 924. The molecule has 1 amide bonds. The van der Waals surface area contributed by atoms with E-state index in [0.717, 1.165) is 11.4 Å². The van der Waals surface area contributed by atoms with Crippen molar-refractivity contribution in [1.29, 1.82) is 0 Å². The van der Waals surface area contributed by atoms with Gasteiger partial charge in [-0.25, -0.2) is 4.98 Å². The van der Waals surface area contributed by atoms with E-state index in [-0.39, 0.29) is 17.2 Å². The fraction of sp³-hybridized carbons (Fsp3) is 0.105. The van der Waals surface area contributed by atoms with Crippen LogP contribution in [-0.4, -0.2) is 21.2 Å². The molecule has 1 N–H and O–H groups in total. The summed E-state index contributed by atoms with van der Waals surface area (Å²) in [5, 5.41) is 3.33. The van der Waals surface area contributed by atoms with E-state index in [1.165, 1.54) is 22.4 Å². The summed E-state index contributed by atoms with van der Waals surface area (Å²) < 4.78 is 1.52. The molecule has 0 saturated carbocycles. The van der Waals surface area contributed by atoms with E-state index in [2.05, 4.69) is 10.3 Å². The molecular weight excluding hydrogens is 334 g/mol. The minimum atomic E-state index is -0.162. The molecule has 0 fully saturated rings. The molecule has 0 atom stereocenters. The number of carbonyl (C=O) groups excluding carboxylic acids is 1. The number of amides is 1. The second kappa shape index (κ2) is 7.81. The lowest BCUT2D eigenvalue weighted by Crippen LogP contribution is -2.22. The number of benzene rings is 2. The zero-order chi connectivity index (χ0) is 17.6. The van der Waals surface area contributed by atoms with E-state index in [0.29, 0.717) is 10.9 Å². The van der Waals surface area contributed by atoms with Gasteiger partial charge in [0.1, 0.15) is 0 Å². The summed E-state index contributed by atoms with van der Waals surface area (Å²) in [6, 6.07) is 20.0. The van der Waals surface area contributed by atoms with Crippen LogP contribution in [0.1, 0.15) is 5.69 Å². The van der Waals surface area contributed by atoms with E-state index in [1.54, 1.807) is 6.92 Å². The summed E-state index contributed by atoms with van der Waals surface area (Å²) in [7, 11) is 0. The van der Waals surface area contributed by atoms with Gasteiger partial charge < -0.3 is 5.32 Å². The van der Waals surface area contributed by atoms with Gasteiger partial charge in [0.05, 0.1) is 11.4 Å². The summed E-state index contributed by atoms with van der Waals surface area (Å²) in [5.41, 5.74) is 1.93. The van der Waals surface area contributed by atoms with E-state index < -0.39 is 0 Å². The summed E-state index contributed by atoms with van der Waals surface area (Å²) in [4.78, 5) is 29.0. The molecule has 126 valence electrons. The van der Waals surface area contributed by atoms with Gasteiger partial charge >= 0.3 is 0 Å². The third-order valence-corrected chi connectivity index (χ3v) is 4.36. The number of rotatable bonds is 5. The average molecular weight is 351 g/mol. The molecule has 2 aromatic carbocycles. The first-order valence-electron chi connectivity index (χ1n) is 7.77. The van der Waals surface area contributed by atoms with Crippen molar-refractivity contribution in [2.24, 2.45) is 0 Å². The number of thioether (sulfide) groups is 1. The Labute approximate surface area is 149 Å². The number of hydrogen-bond acceptors (Lipinski definition) is 4. The van der Waals surface area contributed by atoms with Crippen molar-refractivity contribution in [2.45, 2.75) is 12.1 Å². The summed E-state index contributed by atoms with van der Waals surface area (Å²) in [5.74, 6) is 0.0176. The van der Waals surface area contributed by atoms with Crippen LogP contribution >= 0.6 is 11.8 Å². The molecule has 3 rings (SSSR count). The van der Waals surface area contributed by atoms with Crippen molar-refractivity contribution >= 4 is 23.4 Å². The van der Waals surface area contributed by atoms with Gasteiger partial charge in [0.15, 0.2) is 5.16 Å². The minimum absolute atomic E-state index is 0.147. The van der Waals surface area contributed by atoms with Crippen molar-refractivity contribution in [2.75, 3.05) is 11.1 Å². The zero-order valence-electron chi connectivity index (χ0n) is 13.7. The van der Waals surface area contributed by atoms with Crippen LogP contribution in [0, 0.1) is 6.92 Å². The Hall–Kier alpha value is -2.86. The summed E-state index contributed by atoms with van der Waals surface area (Å²) in [6.07, 6.45) is 0. The first kappa shape index (κ1) is 17.0. The van der Waals surface area contributed by atoms with Crippen molar-refractivity contribution in [3.63, 3.8) is 0 Å². The molecule has 0 saturated heterocycles. The van der Waals surface area contributed by atoms with E-state index in [1.807, 2.05) is 60.7 Å². The highest BCUT2D eigenvalue weighted by molar-refractivity contribution is 7.99. The number of hydrogen-bond donors (Lipinski definition) is 1. The third kappa shape index (κ3) is 4.36. The van der Waals surface area contributed by atoms with Crippen LogP contribution in [0.4, 0.5) is 5.69 Å². The molecule has 0 aliphatic carbocycles. The molecule has 6 heteroatoms. The SMILES string of the molecule is Cc1cc(=O)n(-c2ccccc2)c(SCC(=O)Nc2ccccc2)n1. The van der Waals surface area contributed by atoms with Gasteiger partial charge in [-0.1, -0.05) is 48.2 Å². The third-order valence-electron chi connectivity index (χ3n) is 3.42. The van der Waals surface area contributed by atoms with Gasteiger partial charge in [0.25, 0.3) is 5.56 Å². The van der Waals surface area contributed by atoms with Gasteiger partial charge in [-0.2, -0.15) is 0 Å². The molecule has 3 aromatic rings. The van der Waals surface area contributed by atoms with Crippen LogP contribution in [0.25, 0.3) is 5.69 Å². The van der Waals surface area contributed by atoms with E-state index >= 15 is 0 Å². The van der Waals surface area contributed by atoms with Crippen LogP contribution in [0.2, 0.25) is 0 Å². The maximum atomic E-state index is 12.4. The maximum Gasteiger partial charge on any atom is 0.258 e. The molecule has 0 radical (unpaired) electrons. The van der Waals surface area contributed by atoms with Crippen molar-refractivity contribution in [3.05, 3.63) is 82.8 Å². The molecule has 0 spiro atoms. The molecular formula is C19H17N3O2S. The van der Waals surface area contributed by atoms with E-state index in [9.17, 15) is 9.59 Å². The zero-order valence-corrected chi connectivity index (χ0v) is 14.5. The fourth-order valence-electron chi connectivity index (χ4n) is 2.33. The molecule has 5 nitrogen and oxygen atoms in total. The Morgan fingerprint density at radius 2 is 1.72 bits per heavy atom. The van der Waals surface area contributed by atoms with Gasteiger partial charge in [-0.15, -0.1) is 0 Å². The molecule has 0 unspecified atom stereocenters. The molecule has 0 bridgehead atoms. The Morgan fingerprint density at radius 3 is 2.40 bits per heavy atom. The topological polar surface area (TPSA) is 64.0 Å². The predicted molar refractivity (Wildman–Crippen MR) is 100 cm³/mol. The summed E-state index contributed by atoms with van der Waals surface area (Å²) >= 11 is 1.24. The number of para-hydroxylation sites is 2. The highest BCUT2D eigenvalue weighted by atomic mass is 32.2. The van der Waals surface area contributed by atoms with Crippen molar-refractivity contribution in [1.82, 2.24) is 9.55 Å². The van der Waals surface area contributed by atoms with E-state index in [4.69, 9.17) is 0 Å². The minimum Gasteiger partial charge on any atom is -0.325 e. The number of carbonyl (C=O) groups is 1. The Kier molecular flexibility index (Phi) is 5.30. The molecule has 1 heterocycles. The maximum absolute atomic E-state index is 12.4. The highest BCUT2D eigenvalue weighted by Crippen LogP contribution is 2.19. The van der Waals surface area contributed by atoms with Crippen LogP contribution < -0.4 is 10.9 Å². The van der Waals surface area contributed by atoms with Gasteiger partial charge in [-0.3, -0.25) is 14.2 Å². The molecule has 0 aliphatic heterocycles. The fourth-order valence-corrected chi connectivity index (χ4v) is 3.20. The Morgan fingerprint density at radius 1 is 1.08 bits per heavy atom. The molecule has 0 aliphatic rings. The first-order chi connectivity index (χ1) is 12.1. The average Bonchev–Trinajstić information content (AvgIpc) is 2.61. The number of aryl methyl sites for hydroxylation is 1. The van der Waals surface area contributed by atoms with Gasteiger partial charge in [0, 0.05) is 17.4 Å². The number of anilines is 1. The standard InChI is InChI=1S/C19H17N3O2S/c1-14-12-18(24)22(16-10-6-3-7-11-16)19(20-14)25-13-17(23)21-15-8-4-2-5-9-15/h2-12H,13H2,1H3,(H,21,23).